The van der Waals surface area contributed by atoms with Crippen LogP contribution in [0, 0.1) is 0 Å². The summed E-state index contributed by atoms with van der Waals surface area (Å²) < 4.78 is 8.50. The van der Waals surface area contributed by atoms with E-state index in [0.717, 1.165) is 0 Å². The van der Waals surface area contributed by atoms with Gasteiger partial charge in [-0.05, 0) is 170 Å². The first-order valence-corrected chi connectivity index (χ1v) is 37.7. The van der Waals surface area contributed by atoms with Gasteiger partial charge in [0.25, 0.3) is 0 Å². The van der Waals surface area contributed by atoms with E-state index in [4.69, 9.17) is 0 Å². The summed E-state index contributed by atoms with van der Waals surface area (Å²) in [6, 6.07) is 72.8. The minimum absolute atomic E-state index is 0. The molecule has 0 saturated carbocycles. The molecule has 0 saturated heterocycles. The maximum Gasteiger partial charge on any atom is 3.00 e. The van der Waals surface area contributed by atoms with Crippen molar-refractivity contribution in [3.05, 3.63) is 419 Å². The van der Waals surface area contributed by atoms with Gasteiger partial charge in [0.15, 0.2) is 0 Å². The Kier molecular flexibility index (Phi) is 211. The Balaban J connectivity index is -0.0000000501. The van der Waals surface area contributed by atoms with Gasteiger partial charge >= 0.3 is 235 Å². The van der Waals surface area contributed by atoms with Crippen LogP contribution in [0.5, 0.6) is 0 Å². The summed E-state index contributed by atoms with van der Waals surface area (Å²) in [6.07, 6.45) is 16.2. The van der Waals surface area contributed by atoms with Crippen LogP contribution in [-0.2, 0) is 407 Å². The molecule has 0 bridgehead atoms. The van der Waals surface area contributed by atoms with Crippen molar-refractivity contribution in [3.8, 4) is 0 Å². The molecule has 14 aromatic rings. The van der Waals surface area contributed by atoms with Gasteiger partial charge in [-0.15, -0.1) is 0 Å². The minimum atomic E-state index is -0.353. The average molecular weight is 2670 g/mol. The largest absolute Gasteiger partial charge is 3.00 e. The molecule has 0 unspecified atom stereocenters. The van der Waals surface area contributed by atoms with Crippen molar-refractivity contribution in [2.24, 2.45) is 0 Å². The van der Waals surface area contributed by atoms with E-state index in [1.165, 1.54) is 0 Å². The van der Waals surface area contributed by atoms with Crippen LogP contribution in [0.3, 0.4) is 0 Å². The molecular weight excluding hydrogens is 2570 g/mol. The fourth-order valence-corrected chi connectivity index (χ4v) is 7.60. The second-order valence-electron chi connectivity index (χ2n) is 23.1. The second-order valence-corrected chi connectivity index (χ2v) is 23.1. The molecule has 14 aromatic heterocycles. The number of rotatable bonds is 18. The van der Waals surface area contributed by atoms with Gasteiger partial charge in [0.1, 0.15) is 0 Å². The Labute approximate surface area is 1010 Å². The van der Waals surface area contributed by atoms with Crippen LogP contribution >= 0.6 is 0 Å². The Bertz CT molecular complexity index is 3780. The number of nitrogens with zero attached hydrogens (tertiary/aromatic N) is 14. The van der Waals surface area contributed by atoms with Crippen LogP contribution in [0.15, 0.2) is 317 Å². The zero-order chi connectivity index (χ0) is 93.2. The van der Waals surface area contributed by atoms with Crippen LogP contribution in [0.1, 0.15) is 102 Å². The summed E-state index contributed by atoms with van der Waals surface area (Å²) in [5.41, 5.74) is 9.55. The molecule has 148 heavy (non-hydrogen) atoms. The molecule has 832 valence electrons. The summed E-state index contributed by atoms with van der Waals surface area (Å²) in [6.45, 7) is -5.04. The van der Waals surface area contributed by atoms with Gasteiger partial charge < -0.3 is 145 Å². The molecular formula is C92H100Co14N14O28. The fourth-order valence-electron chi connectivity index (χ4n) is 7.60. The van der Waals surface area contributed by atoms with Crippen molar-refractivity contribution in [2.45, 2.75) is 119 Å². The molecule has 0 N–H and O–H groups in total. The van der Waals surface area contributed by atoms with Crippen LogP contribution in [-0.4, -0.2) is 98.2 Å². The van der Waals surface area contributed by atoms with E-state index in [1.54, 1.807) is 345 Å². The van der Waals surface area contributed by atoms with Gasteiger partial charge in [-0.3, -0.25) is 69.8 Å². The first kappa shape index (κ1) is 203. The quantitative estimate of drug-likeness (QED) is 0.0772. The molecule has 0 fully saturated rings. The zero-order valence-corrected chi connectivity index (χ0v) is 92.7. The molecule has 0 atom stereocenters. The Morgan fingerprint density at radius 1 is 0.135 bits per heavy atom. The SMILES string of the molecule is COC.COC.[Co+2].[Co+2].[Co+2].[Co+2].[Co+2].[Co+2].[Co+2].[Co+2].[Co+3].[Co+3].[Co+3].[Co+3].[Co+3].[Co+3].[O-2].[O-2].[O-2].[O-2].[O-2].[O-2].[O-2].[O-2].[O-]Cc1cccc(C[O-])n1.[O-]Cc1cccc(C[O-])n1.[O-]Cc1cccc(C[O-])n1.[O-]Cc1cccc(C[O-])n1.[O-]Cc1ccccn1.[O-]Cc1ccccn1.[O-]Cc1ccccn1.[O-]Cc1ccccn1.[O-]Cc1ccccn1.[O-]Cc1ccccn1.[O-]Cc1ccccn1.[O-]Cc1ccccn1.[O-]Cc1ccccn1.[O-]Cc1ccccn1. The maximum absolute atomic E-state index is 10.2. The molecule has 0 aromatic carbocycles. The van der Waals surface area contributed by atoms with Gasteiger partial charge in [-0.2, -0.15) is 0 Å². The first-order chi connectivity index (χ1) is 61.6. The van der Waals surface area contributed by atoms with Crippen molar-refractivity contribution in [3.63, 3.8) is 0 Å². The Morgan fingerprint density at radius 3 is 0.250 bits per heavy atom. The Hall–Kier alpha value is -5.93. The summed E-state index contributed by atoms with van der Waals surface area (Å²) in [4.78, 5) is 53.0. The van der Waals surface area contributed by atoms with E-state index >= 15 is 0 Å². The first-order valence-electron chi connectivity index (χ1n) is 37.7. The van der Waals surface area contributed by atoms with Crippen molar-refractivity contribution in [2.75, 3.05) is 28.4 Å². The maximum atomic E-state index is 10.2. The summed E-state index contributed by atoms with van der Waals surface area (Å²) >= 11 is 0. The van der Waals surface area contributed by atoms with Crippen molar-refractivity contribution < 1.29 is 380 Å². The summed E-state index contributed by atoms with van der Waals surface area (Å²) in [7, 11) is 6.50. The average Bonchev–Trinajstić information content (AvgIpc) is 0.926. The standard InChI is InChI=1S/4C7H7NO2.10C6H6NO.2C2H6O.14Co.8O/c4*9-4-6-2-1-3-7(5-10)8-6;10*8-5-6-3-1-2-4-7-6;2*1-3-2;;;;;;;;;;;;;;;;;;;;;;/h4*1-3H,4-5H2;10*1-4H,5H2;2*1-2H3;;;;;;;;;;;;;;;;;;;;;;/q4*-2;10*-1;;;8*+2;6*+3;8*-2. The predicted molar refractivity (Wildman–Crippen MR) is 437 cm³/mol. The zero-order valence-electron chi connectivity index (χ0n) is 78.1. The second kappa shape index (κ2) is 154. The monoisotopic (exact) mass is 2670 g/mol. The number of methoxy groups -OCH3 is 2. The minimum Gasteiger partial charge on any atom is -2.00 e. The van der Waals surface area contributed by atoms with E-state index in [-0.39, 0.29) is 398 Å². The van der Waals surface area contributed by atoms with Gasteiger partial charge in [0.05, 0.1) is 0 Å². The molecule has 56 heteroatoms. The molecule has 14 heterocycles. The van der Waals surface area contributed by atoms with Crippen molar-refractivity contribution >= 4 is 0 Å². The molecule has 8 radical (unpaired) electrons. The number of pyridine rings is 14. The van der Waals surface area contributed by atoms with E-state index in [1.807, 2.05) is 0 Å². The van der Waals surface area contributed by atoms with E-state index in [2.05, 4.69) is 79.2 Å². The van der Waals surface area contributed by atoms with Crippen LogP contribution in [0.4, 0.5) is 0 Å². The van der Waals surface area contributed by atoms with E-state index in [0.29, 0.717) is 102 Å². The van der Waals surface area contributed by atoms with Crippen LogP contribution in [0.25, 0.3) is 0 Å². The molecule has 0 aliphatic rings. The molecule has 0 spiro atoms. The number of ether oxygens (including phenoxy) is 2. The number of hydrogen-bond donors (Lipinski definition) is 0. The summed E-state index contributed by atoms with van der Waals surface area (Å²) in [5, 5.41) is 183. The van der Waals surface area contributed by atoms with Gasteiger partial charge in [-0.25, -0.2) is 0 Å². The molecule has 42 nitrogen and oxygen atoms in total. The third-order valence-electron chi connectivity index (χ3n) is 13.4. The fraction of sp³-hybridized carbons (Fsp3) is 0.239. The van der Waals surface area contributed by atoms with Crippen molar-refractivity contribution in [1.29, 1.82) is 0 Å². The molecule has 0 aliphatic heterocycles. The topological polar surface area (TPSA) is 842 Å². The van der Waals surface area contributed by atoms with E-state index in [9.17, 15) is 91.9 Å². The van der Waals surface area contributed by atoms with Crippen molar-refractivity contribution in [1.82, 2.24) is 69.8 Å². The third-order valence-corrected chi connectivity index (χ3v) is 13.4. The normalized spacial score (nSPS) is 7.82. The van der Waals surface area contributed by atoms with Crippen LogP contribution in [0.2, 0.25) is 0 Å². The predicted octanol–water partition coefficient (Wildman–Crippen LogP) is -5.83. The molecule has 0 amide bonds. The van der Waals surface area contributed by atoms with Gasteiger partial charge in [0.2, 0.25) is 0 Å². The smallest absolute Gasteiger partial charge is 2.00 e. The third kappa shape index (κ3) is 120. The number of hydrogen-bond acceptors (Lipinski definition) is 34. The Morgan fingerprint density at radius 2 is 0.203 bits per heavy atom. The van der Waals surface area contributed by atoms with E-state index < -0.39 is 0 Å². The van der Waals surface area contributed by atoms with Crippen LogP contribution < -0.4 is 91.9 Å². The number of aromatic nitrogens is 14. The molecule has 14 rings (SSSR count). The molecule has 0 aliphatic carbocycles. The summed E-state index contributed by atoms with van der Waals surface area (Å²) in [5.74, 6) is 0. The van der Waals surface area contributed by atoms with Gasteiger partial charge in [0, 0.05) is 193 Å². The van der Waals surface area contributed by atoms with Gasteiger partial charge in [-0.1, -0.05) is 204 Å².